The predicted octanol–water partition coefficient (Wildman–Crippen LogP) is 1.73. The number of rotatable bonds is 8. The Morgan fingerprint density at radius 3 is 2.07 bits per heavy atom. The lowest BCUT2D eigenvalue weighted by atomic mass is 10.1. The van der Waals surface area contributed by atoms with Crippen LogP contribution >= 0.6 is 0 Å². The molecule has 0 radical (unpaired) electrons. The summed E-state index contributed by atoms with van der Waals surface area (Å²) in [6.07, 6.45) is 0.117. The molecular formula is C20H22N4O5. The van der Waals surface area contributed by atoms with Gasteiger partial charge in [-0.05, 0) is 29.8 Å². The Hall–Kier alpha value is -3.75. The highest BCUT2D eigenvalue weighted by Gasteiger charge is 2.12. The number of carbonyl (C=O) groups is 3. The zero-order valence-electron chi connectivity index (χ0n) is 16.2. The summed E-state index contributed by atoms with van der Waals surface area (Å²) in [6.45, 7) is 0.526. The van der Waals surface area contributed by atoms with E-state index in [9.17, 15) is 24.5 Å². The number of nitrogens with zero attached hydrogens (tertiary/aromatic N) is 2. The van der Waals surface area contributed by atoms with Crippen LogP contribution in [0, 0.1) is 10.1 Å². The van der Waals surface area contributed by atoms with Gasteiger partial charge in [-0.25, -0.2) is 0 Å². The van der Waals surface area contributed by atoms with E-state index < -0.39 is 10.8 Å². The molecule has 3 amide bonds. The topological polar surface area (TPSA) is 122 Å². The van der Waals surface area contributed by atoms with E-state index >= 15 is 0 Å². The van der Waals surface area contributed by atoms with Crippen molar-refractivity contribution in [3.8, 4) is 0 Å². The van der Waals surface area contributed by atoms with Crippen molar-refractivity contribution in [3.05, 3.63) is 75.3 Å². The molecule has 0 unspecified atom stereocenters. The first-order valence-electron chi connectivity index (χ1n) is 8.89. The van der Waals surface area contributed by atoms with Crippen molar-refractivity contribution in [2.24, 2.45) is 0 Å². The van der Waals surface area contributed by atoms with Gasteiger partial charge in [-0.3, -0.25) is 24.5 Å². The molecule has 2 aromatic rings. The van der Waals surface area contributed by atoms with E-state index in [2.05, 4.69) is 10.6 Å². The quantitative estimate of drug-likeness (QED) is 0.518. The SMILES string of the molecule is CNC(=O)c1ccc(CN(C)C(=O)CCNC(=O)c2ccc([N+](=O)[O-])cc2)cc1. The minimum atomic E-state index is -0.539. The lowest BCUT2D eigenvalue weighted by Crippen LogP contribution is -2.31. The average molecular weight is 398 g/mol. The second kappa shape index (κ2) is 9.98. The van der Waals surface area contributed by atoms with Crippen LogP contribution in [-0.2, 0) is 11.3 Å². The molecule has 0 heterocycles. The van der Waals surface area contributed by atoms with E-state index in [0.717, 1.165) is 5.56 Å². The summed E-state index contributed by atoms with van der Waals surface area (Å²) in [5.41, 5.74) is 1.61. The summed E-state index contributed by atoms with van der Waals surface area (Å²) in [5.74, 6) is -0.728. The van der Waals surface area contributed by atoms with Gasteiger partial charge < -0.3 is 15.5 Å². The summed E-state index contributed by atoms with van der Waals surface area (Å²) < 4.78 is 0. The van der Waals surface area contributed by atoms with Crippen LogP contribution in [0.25, 0.3) is 0 Å². The molecule has 0 fully saturated rings. The summed E-state index contributed by atoms with van der Waals surface area (Å²) in [5, 5.41) is 15.8. The second-order valence-corrected chi connectivity index (χ2v) is 6.34. The van der Waals surface area contributed by atoms with E-state index in [-0.39, 0.29) is 36.0 Å². The lowest BCUT2D eigenvalue weighted by molar-refractivity contribution is -0.384. The number of nitrogens with one attached hydrogen (secondary N) is 2. The molecule has 2 aromatic carbocycles. The van der Waals surface area contributed by atoms with E-state index in [1.165, 1.54) is 29.2 Å². The molecule has 0 aromatic heterocycles. The van der Waals surface area contributed by atoms with Gasteiger partial charge in [-0.1, -0.05) is 12.1 Å². The third-order valence-electron chi connectivity index (χ3n) is 4.25. The van der Waals surface area contributed by atoms with Crippen molar-refractivity contribution < 1.29 is 19.3 Å². The fourth-order valence-electron chi connectivity index (χ4n) is 2.58. The van der Waals surface area contributed by atoms with Crippen LogP contribution < -0.4 is 10.6 Å². The van der Waals surface area contributed by atoms with Gasteiger partial charge in [0, 0.05) is 56.9 Å². The maximum absolute atomic E-state index is 12.2. The lowest BCUT2D eigenvalue weighted by Gasteiger charge is -2.17. The molecule has 0 saturated carbocycles. The number of nitro groups is 1. The molecule has 0 aliphatic rings. The van der Waals surface area contributed by atoms with E-state index in [4.69, 9.17) is 0 Å². The van der Waals surface area contributed by atoms with Gasteiger partial charge in [0.1, 0.15) is 0 Å². The Morgan fingerprint density at radius 2 is 1.52 bits per heavy atom. The van der Waals surface area contributed by atoms with Gasteiger partial charge in [-0.15, -0.1) is 0 Å². The first-order valence-corrected chi connectivity index (χ1v) is 8.89. The van der Waals surface area contributed by atoms with Gasteiger partial charge in [-0.2, -0.15) is 0 Å². The molecule has 0 aliphatic carbocycles. The van der Waals surface area contributed by atoms with Crippen LogP contribution in [0.15, 0.2) is 48.5 Å². The first-order chi connectivity index (χ1) is 13.8. The highest BCUT2D eigenvalue weighted by molar-refractivity contribution is 5.95. The fourth-order valence-corrected chi connectivity index (χ4v) is 2.58. The van der Waals surface area contributed by atoms with Crippen molar-refractivity contribution >= 4 is 23.4 Å². The zero-order chi connectivity index (χ0) is 21.4. The van der Waals surface area contributed by atoms with Crippen LogP contribution in [0.4, 0.5) is 5.69 Å². The van der Waals surface area contributed by atoms with Gasteiger partial charge in [0.25, 0.3) is 17.5 Å². The number of hydrogen-bond acceptors (Lipinski definition) is 5. The standard InChI is InChI=1S/C20H22N4O5/c1-21-19(26)15-5-3-14(4-6-15)13-23(2)18(25)11-12-22-20(27)16-7-9-17(10-8-16)24(28)29/h3-10H,11-13H2,1-2H3,(H,21,26)(H,22,27). The first kappa shape index (κ1) is 21.5. The molecule has 2 rings (SSSR count). The molecule has 152 valence electrons. The van der Waals surface area contributed by atoms with E-state index in [1.807, 2.05) is 0 Å². The minimum Gasteiger partial charge on any atom is -0.355 e. The summed E-state index contributed by atoms with van der Waals surface area (Å²) >= 11 is 0. The highest BCUT2D eigenvalue weighted by Crippen LogP contribution is 2.12. The minimum absolute atomic E-state index is 0.0956. The largest absolute Gasteiger partial charge is 0.355 e. The number of amides is 3. The van der Waals surface area contributed by atoms with Crippen molar-refractivity contribution in [1.29, 1.82) is 0 Å². The van der Waals surface area contributed by atoms with E-state index in [0.29, 0.717) is 12.1 Å². The van der Waals surface area contributed by atoms with Crippen molar-refractivity contribution in [2.75, 3.05) is 20.6 Å². The molecule has 0 spiro atoms. The summed E-state index contributed by atoms with van der Waals surface area (Å²) in [6, 6.07) is 12.2. The van der Waals surface area contributed by atoms with E-state index in [1.54, 1.807) is 38.4 Å². The van der Waals surface area contributed by atoms with Crippen LogP contribution in [0.3, 0.4) is 0 Å². The Bertz CT molecular complexity index is 894. The van der Waals surface area contributed by atoms with Crippen LogP contribution in [0.2, 0.25) is 0 Å². The third kappa shape index (κ3) is 6.13. The van der Waals surface area contributed by atoms with Gasteiger partial charge >= 0.3 is 0 Å². The monoisotopic (exact) mass is 398 g/mol. The molecule has 9 heteroatoms. The molecule has 2 N–H and O–H groups in total. The average Bonchev–Trinajstić information content (AvgIpc) is 2.73. The molecular weight excluding hydrogens is 376 g/mol. The molecule has 29 heavy (non-hydrogen) atoms. The number of carbonyl (C=O) groups excluding carboxylic acids is 3. The normalized spacial score (nSPS) is 10.1. The molecule has 0 bridgehead atoms. The number of nitro benzene ring substituents is 1. The molecule has 0 saturated heterocycles. The number of benzene rings is 2. The molecule has 0 aliphatic heterocycles. The van der Waals surface area contributed by atoms with Crippen molar-refractivity contribution in [2.45, 2.75) is 13.0 Å². The Balaban J connectivity index is 1.80. The van der Waals surface area contributed by atoms with Crippen LogP contribution in [0.5, 0.6) is 0 Å². The Kier molecular flexibility index (Phi) is 7.41. The van der Waals surface area contributed by atoms with Gasteiger partial charge in [0.2, 0.25) is 5.91 Å². The predicted molar refractivity (Wildman–Crippen MR) is 106 cm³/mol. The maximum atomic E-state index is 12.2. The summed E-state index contributed by atoms with van der Waals surface area (Å²) in [7, 11) is 3.22. The second-order valence-electron chi connectivity index (χ2n) is 6.34. The number of non-ortho nitro benzene ring substituents is 1. The zero-order valence-corrected chi connectivity index (χ0v) is 16.2. The summed E-state index contributed by atoms with van der Waals surface area (Å²) in [4.78, 5) is 47.4. The highest BCUT2D eigenvalue weighted by atomic mass is 16.6. The number of hydrogen-bond donors (Lipinski definition) is 2. The fraction of sp³-hybridized carbons (Fsp3) is 0.250. The smallest absolute Gasteiger partial charge is 0.269 e. The molecule has 0 atom stereocenters. The van der Waals surface area contributed by atoms with Crippen molar-refractivity contribution in [1.82, 2.24) is 15.5 Å². The van der Waals surface area contributed by atoms with Gasteiger partial charge in [0.15, 0.2) is 0 Å². The Labute approximate surface area is 167 Å². The Morgan fingerprint density at radius 1 is 0.966 bits per heavy atom. The molecule has 9 nitrogen and oxygen atoms in total. The van der Waals surface area contributed by atoms with Crippen LogP contribution in [-0.4, -0.2) is 48.2 Å². The third-order valence-corrected chi connectivity index (χ3v) is 4.25. The van der Waals surface area contributed by atoms with Gasteiger partial charge in [0.05, 0.1) is 4.92 Å². The van der Waals surface area contributed by atoms with Crippen LogP contribution in [0.1, 0.15) is 32.7 Å². The maximum Gasteiger partial charge on any atom is 0.269 e. The van der Waals surface area contributed by atoms with Crippen molar-refractivity contribution in [3.63, 3.8) is 0 Å².